The summed E-state index contributed by atoms with van der Waals surface area (Å²) in [5.74, 6) is 1.71. The molecule has 0 saturated heterocycles. The van der Waals surface area contributed by atoms with E-state index in [2.05, 4.69) is 5.32 Å². The number of carbonyl (C=O) groups is 1. The van der Waals surface area contributed by atoms with E-state index in [1.54, 1.807) is 23.3 Å². The topological polar surface area (TPSA) is 63.9 Å². The van der Waals surface area contributed by atoms with Crippen LogP contribution in [0.1, 0.15) is 27.8 Å². The Morgan fingerprint density at radius 3 is 2.89 bits per heavy atom. The molecule has 136 valence electrons. The Balaban J connectivity index is 1.60. The summed E-state index contributed by atoms with van der Waals surface area (Å²) in [6, 6.07) is 14.7. The second-order valence-corrected chi connectivity index (χ2v) is 6.75. The van der Waals surface area contributed by atoms with E-state index in [-0.39, 0.29) is 12.7 Å². The van der Waals surface area contributed by atoms with Crippen LogP contribution in [0.4, 0.5) is 5.69 Å². The third-order valence-corrected chi connectivity index (χ3v) is 4.97. The number of halogens is 1. The fourth-order valence-corrected chi connectivity index (χ4v) is 3.71. The fourth-order valence-electron chi connectivity index (χ4n) is 3.43. The average Bonchev–Trinajstić information content (AvgIpc) is 3.35. The minimum Gasteiger partial charge on any atom is -0.467 e. The van der Waals surface area contributed by atoms with Crippen molar-refractivity contribution < 1.29 is 18.7 Å². The summed E-state index contributed by atoms with van der Waals surface area (Å²) in [5.41, 5.74) is 2.20. The van der Waals surface area contributed by atoms with E-state index >= 15 is 0 Å². The number of carbonyl (C=O) groups excluding carboxylic acids is 1. The summed E-state index contributed by atoms with van der Waals surface area (Å²) in [7, 11) is 0. The first-order chi connectivity index (χ1) is 13.2. The van der Waals surface area contributed by atoms with Crippen LogP contribution >= 0.6 is 11.6 Å². The van der Waals surface area contributed by atoms with Crippen LogP contribution in [-0.2, 0) is 6.54 Å². The zero-order valence-electron chi connectivity index (χ0n) is 14.1. The van der Waals surface area contributed by atoms with Gasteiger partial charge < -0.3 is 24.1 Å². The maximum Gasteiger partial charge on any atom is 0.258 e. The quantitative estimate of drug-likeness (QED) is 0.726. The number of ether oxygens (including phenoxy) is 2. The first-order valence-corrected chi connectivity index (χ1v) is 8.86. The smallest absolute Gasteiger partial charge is 0.258 e. The van der Waals surface area contributed by atoms with Gasteiger partial charge in [-0.1, -0.05) is 23.7 Å². The Hall–Kier alpha value is -3.12. The van der Waals surface area contributed by atoms with E-state index < -0.39 is 6.17 Å². The molecular formula is C20H15ClN2O4. The summed E-state index contributed by atoms with van der Waals surface area (Å²) >= 11 is 6.37. The Bertz CT molecular complexity index is 1020. The van der Waals surface area contributed by atoms with Crippen molar-refractivity contribution in [2.75, 3.05) is 12.1 Å². The van der Waals surface area contributed by atoms with Crippen LogP contribution < -0.4 is 14.8 Å². The highest BCUT2D eigenvalue weighted by Crippen LogP contribution is 2.43. The van der Waals surface area contributed by atoms with Gasteiger partial charge in [-0.2, -0.15) is 0 Å². The van der Waals surface area contributed by atoms with Crippen molar-refractivity contribution in [2.24, 2.45) is 0 Å². The molecule has 2 aliphatic rings. The standard InChI is InChI=1S/C20H15ClN2O4/c21-15-8-12(9-17-18(15)27-11-26-17)19-22-16-6-2-1-5-14(16)20(24)23(19)10-13-4-3-7-25-13/h1-9,19,22H,10-11H2/t19-/m0/s1. The Labute approximate surface area is 160 Å². The molecule has 2 aliphatic heterocycles. The van der Waals surface area contributed by atoms with Crippen molar-refractivity contribution in [3.05, 3.63) is 76.7 Å². The van der Waals surface area contributed by atoms with Gasteiger partial charge >= 0.3 is 0 Å². The molecule has 0 saturated carbocycles. The SMILES string of the molecule is O=C1c2ccccc2N[C@H](c2cc(Cl)c3c(c2)OCO3)N1Cc1ccco1. The van der Waals surface area contributed by atoms with Crippen molar-refractivity contribution in [3.63, 3.8) is 0 Å². The monoisotopic (exact) mass is 382 g/mol. The van der Waals surface area contributed by atoms with Crippen molar-refractivity contribution in [2.45, 2.75) is 12.7 Å². The number of hydrogen-bond acceptors (Lipinski definition) is 5. The van der Waals surface area contributed by atoms with Crippen LogP contribution in [0, 0.1) is 0 Å². The number of benzene rings is 2. The molecule has 0 fully saturated rings. The molecule has 0 radical (unpaired) electrons. The first kappa shape index (κ1) is 16.1. The predicted molar refractivity (Wildman–Crippen MR) is 99.0 cm³/mol. The van der Waals surface area contributed by atoms with E-state index in [1.807, 2.05) is 36.4 Å². The van der Waals surface area contributed by atoms with Gasteiger partial charge in [0.15, 0.2) is 11.5 Å². The molecule has 0 bridgehead atoms. The number of nitrogens with zero attached hydrogens (tertiary/aromatic N) is 1. The third-order valence-electron chi connectivity index (χ3n) is 4.69. The minimum absolute atomic E-state index is 0.0838. The fraction of sp³-hybridized carbons (Fsp3) is 0.150. The lowest BCUT2D eigenvalue weighted by molar-refractivity contribution is 0.0651. The number of amides is 1. The van der Waals surface area contributed by atoms with Gasteiger partial charge in [0.2, 0.25) is 6.79 Å². The van der Waals surface area contributed by atoms with E-state index in [1.165, 1.54) is 0 Å². The zero-order valence-corrected chi connectivity index (χ0v) is 14.9. The predicted octanol–water partition coefficient (Wildman–Crippen LogP) is 4.43. The van der Waals surface area contributed by atoms with Gasteiger partial charge in [-0.25, -0.2) is 0 Å². The number of nitrogens with one attached hydrogen (secondary N) is 1. The summed E-state index contributed by atoms with van der Waals surface area (Å²) in [4.78, 5) is 14.9. The van der Waals surface area contributed by atoms with E-state index in [0.29, 0.717) is 34.4 Å². The molecule has 3 heterocycles. The maximum atomic E-state index is 13.2. The molecule has 5 rings (SSSR count). The summed E-state index contributed by atoms with van der Waals surface area (Å²) < 4.78 is 16.3. The molecule has 1 N–H and O–H groups in total. The van der Waals surface area contributed by atoms with Gasteiger partial charge in [0, 0.05) is 11.3 Å². The van der Waals surface area contributed by atoms with E-state index in [4.69, 9.17) is 25.5 Å². The number of rotatable bonds is 3. The molecule has 1 amide bonds. The lowest BCUT2D eigenvalue weighted by Gasteiger charge is -2.37. The summed E-state index contributed by atoms with van der Waals surface area (Å²) in [5, 5.41) is 3.88. The lowest BCUT2D eigenvalue weighted by Crippen LogP contribution is -2.42. The van der Waals surface area contributed by atoms with Gasteiger partial charge in [0.25, 0.3) is 5.91 Å². The van der Waals surface area contributed by atoms with Crippen LogP contribution in [0.3, 0.4) is 0 Å². The summed E-state index contributed by atoms with van der Waals surface area (Å²) in [6.45, 7) is 0.457. The lowest BCUT2D eigenvalue weighted by atomic mass is 10.0. The Morgan fingerprint density at radius 2 is 2.04 bits per heavy atom. The van der Waals surface area contributed by atoms with E-state index in [0.717, 1.165) is 11.3 Å². The first-order valence-electron chi connectivity index (χ1n) is 8.48. The second-order valence-electron chi connectivity index (χ2n) is 6.34. The normalized spacial score (nSPS) is 17.6. The molecule has 3 aromatic rings. The van der Waals surface area contributed by atoms with Crippen molar-refractivity contribution >= 4 is 23.2 Å². The van der Waals surface area contributed by atoms with Crippen molar-refractivity contribution in [3.8, 4) is 11.5 Å². The van der Waals surface area contributed by atoms with Gasteiger partial charge in [0.1, 0.15) is 11.9 Å². The highest BCUT2D eigenvalue weighted by Gasteiger charge is 2.34. The van der Waals surface area contributed by atoms with Crippen LogP contribution in [0.2, 0.25) is 5.02 Å². The number of anilines is 1. The largest absolute Gasteiger partial charge is 0.467 e. The van der Waals surface area contributed by atoms with Gasteiger partial charge in [0.05, 0.1) is 23.4 Å². The Kier molecular flexibility index (Phi) is 3.72. The van der Waals surface area contributed by atoms with Gasteiger partial charge in [-0.3, -0.25) is 4.79 Å². The number of fused-ring (bicyclic) bond motifs is 2. The molecular weight excluding hydrogens is 368 g/mol. The molecule has 7 heteroatoms. The van der Waals surface area contributed by atoms with Crippen molar-refractivity contribution in [1.82, 2.24) is 4.90 Å². The third kappa shape index (κ3) is 2.69. The van der Waals surface area contributed by atoms with E-state index in [9.17, 15) is 4.79 Å². The van der Waals surface area contributed by atoms with Crippen LogP contribution in [-0.4, -0.2) is 17.6 Å². The second kappa shape index (κ2) is 6.25. The summed E-state index contributed by atoms with van der Waals surface area (Å²) in [6.07, 6.45) is 1.17. The van der Waals surface area contributed by atoms with Gasteiger partial charge in [-0.15, -0.1) is 0 Å². The van der Waals surface area contributed by atoms with Crippen LogP contribution in [0.5, 0.6) is 11.5 Å². The highest BCUT2D eigenvalue weighted by atomic mass is 35.5. The average molecular weight is 383 g/mol. The molecule has 1 atom stereocenters. The molecule has 0 spiro atoms. The van der Waals surface area contributed by atoms with Gasteiger partial charge in [-0.05, 0) is 36.4 Å². The minimum atomic E-state index is -0.426. The number of para-hydroxylation sites is 1. The Morgan fingerprint density at radius 1 is 1.15 bits per heavy atom. The van der Waals surface area contributed by atoms with Crippen molar-refractivity contribution in [1.29, 1.82) is 0 Å². The molecule has 2 aromatic carbocycles. The zero-order chi connectivity index (χ0) is 18.4. The molecule has 0 unspecified atom stereocenters. The molecule has 0 aliphatic carbocycles. The molecule has 1 aromatic heterocycles. The van der Waals surface area contributed by atoms with Crippen LogP contribution in [0.25, 0.3) is 0 Å². The highest BCUT2D eigenvalue weighted by molar-refractivity contribution is 6.32. The number of hydrogen-bond donors (Lipinski definition) is 1. The molecule has 6 nitrogen and oxygen atoms in total. The maximum absolute atomic E-state index is 13.2. The van der Waals surface area contributed by atoms with Crippen LogP contribution in [0.15, 0.2) is 59.2 Å². The molecule has 27 heavy (non-hydrogen) atoms. The number of furan rings is 1.